The number of nitrogens with one attached hydrogen (secondary N) is 1. The van der Waals surface area contributed by atoms with E-state index in [9.17, 15) is 4.79 Å². The van der Waals surface area contributed by atoms with E-state index in [1.807, 2.05) is 30.1 Å². The van der Waals surface area contributed by atoms with Gasteiger partial charge in [0, 0.05) is 20.1 Å². The largest absolute Gasteiger partial charge is 0.496 e. The molecule has 5 nitrogen and oxygen atoms in total. The number of carbonyl (C=O) groups excluding carboxylic acids is 1. The van der Waals surface area contributed by atoms with Gasteiger partial charge in [-0.05, 0) is 36.8 Å². The molecule has 1 aromatic heterocycles. The Morgan fingerprint density at radius 2 is 2.29 bits per heavy atom. The molecule has 1 aliphatic rings. The van der Waals surface area contributed by atoms with E-state index in [1.54, 1.807) is 13.3 Å². The predicted molar refractivity (Wildman–Crippen MR) is 97.0 cm³/mol. The van der Waals surface area contributed by atoms with Gasteiger partial charge in [0.25, 0.3) is 5.91 Å². The summed E-state index contributed by atoms with van der Waals surface area (Å²) in [5.41, 5.74) is 1.22. The fourth-order valence-corrected chi connectivity index (χ4v) is 3.98. The highest BCUT2D eigenvalue weighted by molar-refractivity contribution is 7.17. The van der Waals surface area contributed by atoms with Crippen LogP contribution < -0.4 is 10.1 Å². The molecule has 1 unspecified atom stereocenters. The molecular weight excluding hydrogens is 322 g/mol. The van der Waals surface area contributed by atoms with E-state index in [4.69, 9.17) is 4.74 Å². The van der Waals surface area contributed by atoms with Gasteiger partial charge in [-0.2, -0.15) is 0 Å². The van der Waals surface area contributed by atoms with Gasteiger partial charge >= 0.3 is 0 Å². The van der Waals surface area contributed by atoms with Crippen LogP contribution in [0.4, 0.5) is 5.13 Å². The molecule has 0 radical (unpaired) electrons. The van der Waals surface area contributed by atoms with Crippen LogP contribution in [-0.2, 0) is 6.42 Å². The van der Waals surface area contributed by atoms with Gasteiger partial charge in [-0.3, -0.25) is 4.79 Å². The van der Waals surface area contributed by atoms with Crippen molar-refractivity contribution >= 4 is 22.4 Å². The number of benzene rings is 1. The Labute approximate surface area is 146 Å². The number of amides is 1. The van der Waals surface area contributed by atoms with E-state index >= 15 is 0 Å². The maximum Gasteiger partial charge on any atom is 0.265 e. The van der Waals surface area contributed by atoms with Gasteiger partial charge in [0.05, 0.1) is 13.3 Å². The van der Waals surface area contributed by atoms with Gasteiger partial charge in [0.1, 0.15) is 10.6 Å². The smallest absolute Gasteiger partial charge is 0.265 e. The number of methoxy groups -OCH3 is 1. The Bertz CT molecular complexity index is 701. The van der Waals surface area contributed by atoms with Gasteiger partial charge in [-0.25, -0.2) is 4.98 Å². The van der Waals surface area contributed by atoms with E-state index < -0.39 is 0 Å². The highest BCUT2D eigenvalue weighted by atomic mass is 32.1. The molecular formula is C18H23N3O2S. The number of hydrogen-bond acceptors (Lipinski definition) is 5. The molecule has 1 atom stereocenters. The average molecular weight is 345 g/mol. The van der Waals surface area contributed by atoms with Crippen molar-refractivity contribution in [3.05, 3.63) is 40.9 Å². The second-order valence-corrected chi connectivity index (χ2v) is 7.09. The zero-order valence-electron chi connectivity index (χ0n) is 14.1. The minimum absolute atomic E-state index is 0.0960. The number of anilines is 1. The van der Waals surface area contributed by atoms with Crippen molar-refractivity contribution in [2.75, 3.05) is 32.6 Å². The maximum absolute atomic E-state index is 12.7. The Hall–Kier alpha value is -2.08. The second kappa shape index (κ2) is 7.66. The molecule has 2 aromatic rings. The normalized spacial score (nSPS) is 17.6. The quantitative estimate of drug-likeness (QED) is 0.903. The molecule has 1 N–H and O–H groups in total. The molecule has 0 bridgehead atoms. The number of piperidine rings is 1. The lowest BCUT2D eigenvalue weighted by Gasteiger charge is -2.32. The molecule has 1 aliphatic heterocycles. The Morgan fingerprint density at radius 3 is 3.04 bits per heavy atom. The molecule has 1 saturated heterocycles. The Morgan fingerprint density at radius 1 is 1.46 bits per heavy atom. The number of para-hydroxylation sites is 1. The Balaban J connectivity index is 1.66. The van der Waals surface area contributed by atoms with Crippen molar-refractivity contribution < 1.29 is 9.53 Å². The maximum atomic E-state index is 12.7. The summed E-state index contributed by atoms with van der Waals surface area (Å²) in [6.07, 6.45) is 4.80. The summed E-state index contributed by atoms with van der Waals surface area (Å²) in [4.78, 5) is 19.6. The summed E-state index contributed by atoms with van der Waals surface area (Å²) in [7, 11) is 3.52. The van der Waals surface area contributed by atoms with E-state index in [0.717, 1.165) is 43.2 Å². The predicted octanol–water partition coefficient (Wildman–Crippen LogP) is 3.29. The zero-order chi connectivity index (χ0) is 16.9. The van der Waals surface area contributed by atoms with Crippen LogP contribution >= 0.6 is 11.3 Å². The van der Waals surface area contributed by atoms with E-state index in [-0.39, 0.29) is 5.91 Å². The van der Waals surface area contributed by atoms with Crippen molar-refractivity contribution in [3.63, 3.8) is 0 Å². The van der Waals surface area contributed by atoms with Gasteiger partial charge in [0.2, 0.25) is 0 Å². The number of nitrogens with zero attached hydrogens (tertiary/aromatic N) is 2. The van der Waals surface area contributed by atoms with Crippen molar-refractivity contribution in [3.8, 4) is 5.75 Å². The first-order chi connectivity index (χ1) is 11.7. The molecule has 1 amide bonds. The minimum atomic E-state index is 0.0960. The van der Waals surface area contributed by atoms with Gasteiger partial charge in [0.15, 0.2) is 5.13 Å². The van der Waals surface area contributed by atoms with Gasteiger partial charge in [-0.1, -0.05) is 29.5 Å². The van der Waals surface area contributed by atoms with Crippen LogP contribution in [0.3, 0.4) is 0 Å². The number of ether oxygens (including phenoxy) is 1. The van der Waals surface area contributed by atoms with Crippen LogP contribution in [0.1, 0.15) is 28.1 Å². The third kappa shape index (κ3) is 3.70. The van der Waals surface area contributed by atoms with Gasteiger partial charge in [-0.15, -0.1) is 0 Å². The number of likely N-dealkylation sites (tertiary alicyclic amines) is 1. The standard InChI is InChI=1S/C18H23N3O2S/c1-19-18-20-11-16(24-18)17(22)21-9-5-6-13(12-21)10-14-7-3-4-8-15(14)23-2/h3-4,7-8,11,13H,5-6,9-10,12H2,1-2H3,(H,19,20). The second-order valence-electron chi connectivity index (χ2n) is 6.06. The van der Waals surface area contributed by atoms with Gasteiger partial charge < -0.3 is 15.0 Å². The number of rotatable bonds is 5. The lowest BCUT2D eigenvalue weighted by atomic mass is 9.91. The number of carbonyl (C=O) groups is 1. The summed E-state index contributed by atoms with van der Waals surface area (Å²) >= 11 is 1.41. The summed E-state index contributed by atoms with van der Waals surface area (Å²) in [6.45, 7) is 1.62. The van der Waals surface area contributed by atoms with Crippen molar-refractivity contribution in [1.29, 1.82) is 0 Å². The molecule has 24 heavy (non-hydrogen) atoms. The third-order valence-corrected chi connectivity index (χ3v) is 5.44. The molecule has 0 aliphatic carbocycles. The van der Waals surface area contributed by atoms with Crippen molar-refractivity contribution in [2.45, 2.75) is 19.3 Å². The summed E-state index contributed by atoms with van der Waals surface area (Å²) < 4.78 is 5.45. The highest BCUT2D eigenvalue weighted by Gasteiger charge is 2.26. The van der Waals surface area contributed by atoms with Crippen molar-refractivity contribution in [2.24, 2.45) is 5.92 Å². The van der Waals surface area contributed by atoms with Crippen LogP contribution in [0.5, 0.6) is 5.75 Å². The number of hydrogen-bond donors (Lipinski definition) is 1. The van der Waals surface area contributed by atoms with Crippen LogP contribution in [0.2, 0.25) is 0 Å². The molecule has 1 fully saturated rings. The Kier molecular flexibility index (Phi) is 5.35. The van der Waals surface area contributed by atoms with E-state index in [2.05, 4.69) is 16.4 Å². The molecule has 128 valence electrons. The first-order valence-electron chi connectivity index (χ1n) is 8.26. The molecule has 6 heteroatoms. The number of thiazole rings is 1. The monoisotopic (exact) mass is 345 g/mol. The van der Waals surface area contributed by atoms with E-state index in [0.29, 0.717) is 10.8 Å². The summed E-state index contributed by atoms with van der Waals surface area (Å²) in [5, 5.41) is 3.76. The third-order valence-electron chi connectivity index (χ3n) is 4.44. The SMILES string of the molecule is CNc1ncc(C(=O)N2CCCC(Cc3ccccc3OC)C2)s1. The van der Waals surface area contributed by atoms with Crippen LogP contribution in [-0.4, -0.2) is 43.0 Å². The molecule has 2 heterocycles. The highest BCUT2D eigenvalue weighted by Crippen LogP contribution is 2.27. The first kappa shape index (κ1) is 16.8. The fourth-order valence-electron chi connectivity index (χ4n) is 3.24. The lowest BCUT2D eigenvalue weighted by Crippen LogP contribution is -2.40. The minimum Gasteiger partial charge on any atom is -0.496 e. The topological polar surface area (TPSA) is 54.5 Å². The summed E-state index contributed by atoms with van der Waals surface area (Å²) in [6, 6.07) is 8.14. The van der Waals surface area contributed by atoms with Crippen LogP contribution in [0, 0.1) is 5.92 Å². The van der Waals surface area contributed by atoms with E-state index in [1.165, 1.54) is 16.9 Å². The summed E-state index contributed by atoms with van der Waals surface area (Å²) in [5.74, 6) is 1.50. The molecule has 0 spiro atoms. The van der Waals surface area contributed by atoms with Crippen LogP contribution in [0.25, 0.3) is 0 Å². The molecule has 1 aromatic carbocycles. The number of aromatic nitrogens is 1. The van der Waals surface area contributed by atoms with Crippen LogP contribution in [0.15, 0.2) is 30.5 Å². The first-order valence-corrected chi connectivity index (χ1v) is 9.07. The zero-order valence-corrected chi connectivity index (χ0v) is 14.9. The molecule has 0 saturated carbocycles. The average Bonchev–Trinajstić information content (AvgIpc) is 3.11. The fraction of sp³-hybridized carbons (Fsp3) is 0.444. The molecule has 3 rings (SSSR count). The van der Waals surface area contributed by atoms with Crippen molar-refractivity contribution in [1.82, 2.24) is 9.88 Å². The lowest BCUT2D eigenvalue weighted by molar-refractivity contribution is 0.0678.